The van der Waals surface area contributed by atoms with Gasteiger partial charge in [0.05, 0.1) is 24.6 Å². The SMILES string of the molecule is Cc1n[nH]c(C)c1S(=O)(=O)NCCC(=O)N1CCOCC1. The molecule has 1 amide bonds. The van der Waals surface area contributed by atoms with Gasteiger partial charge in [0.1, 0.15) is 4.90 Å². The summed E-state index contributed by atoms with van der Waals surface area (Å²) in [5.74, 6) is -0.0679. The molecule has 1 fully saturated rings. The Bertz CT molecular complexity index is 585. The summed E-state index contributed by atoms with van der Waals surface area (Å²) < 4.78 is 32.0. The second-order valence-corrected chi connectivity index (χ2v) is 6.61. The molecule has 1 saturated heterocycles. The van der Waals surface area contributed by atoms with Crippen LogP contribution in [-0.2, 0) is 19.6 Å². The number of aromatic nitrogens is 2. The Balaban J connectivity index is 1.89. The van der Waals surface area contributed by atoms with Gasteiger partial charge in [-0.05, 0) is 13.8 Å². The molecule has 2 N–H and O–H groups in total. The molecule has 8 nitrogen and oxygen atoms in total. The Kier molecular flexibility index (Phi) is 4.96. The summed E-state index contributed by atoms with van der Waals surface area (Å²) in [6.07, 6.45) is 0.134. The molecular weight excluding hydrogens is 296 g/mol. The zero-order valence-corrected chi connectivity index (χ0v) is 13.0. The number of nitrogens with zero attached hydrogens (tertiary/aromatic N) is 2. The number of morpholine rings is 1. The Morgan fingerprint density at radius 3 is 2.62 bits per heavy atom. The zero-order chi connectivity index (χ0) is 15.5. The molecule has 9 heteroatoms. The van der Waals surface area contributed by atoms with Crippen molar-refractivity contribution in [3.05, 3.63) is 11.4 Å². The standard InChI is InChI=1S/C12H20N4O4S/c1-9-12(10(2)15-14-9)21(18,19)13-4-3-11(17)16-5-7-20-8-6-16/h13H,3-8H2,1-2H3,(H,14,15). The minimum atomic E-state index is -3.64. The van der Waals surface area contributed by atoms with E-state index in [0.717, 1.165) is 0 Å². The van der Waals surface area contributed by atoms with Crippen molar-refractivity contribution in [2.45, 2.75) is 25.2 Å². The molecule has 0 unspecified atom stereocenters. The van der Waals surface area contributed by atoms with Gasteiger partial charge in [-0.15, -0.1) is 0 Å². The summed E-state index contributed by atoms with van der Waals surface area (Å²) in [7, 11) is -3.64. The van der Waals surface area contributed by atoms with Crippen molar-refractivity contribution in [1.29, 1.82) is 0 Å². The van der Waals surface area contributed by atoms with Crippen molar-refractivity contribution < 1.29 is 17.9 Å². The van der Waals surface area contributed by atoms with Crippen molar-refractivity contribution in [3.63, 3.8) is 0 Å². The van der Waals surface area contributed by atoms with E-state index in [2.05, 4.69) is 14.9 Å². The molecule has 0 bridgehead atoms. The predicted octanol–water partition coefficient (Wildman–Crippen LogP) is -0.446. The van der Waals surface area contributed by atoms with Crippen molar-refractivity contribution >= 4 is 15.9 Å². The van der Waals surface area contributed by atoms with Crippen LogP contribution in [0.1, 0.15) is 17.8 Å². The first-order chi connectivity index (χ1) is 9.92. The number of H-pyrrole nitrogens is 1. The summed E-state index contributed by atoms with van der Waals surface area (Å²) in [6, 6.07) is 0. The Labute approximate surface area is 123 Å². The summed E-state index contributed by atoms with van der Waals surface area (Å²) in [5.41, 5.74) is 0.902. The number of carbonyl (C=O) groups excluding carboxylic acids is 1. The van der Waals surface area contributed by atoms with Crippen LogP contribution in [0.25, 0.3) is 0 Å². The van der Waals surface area contributed by atoms with E-state index in [1.54, 1.807) is 18.7 Å². The third-order valence-electron chi connectivity index (χ3n) is 3.32. The van der Waals surface area contributed by atoms with Gasteiger partial charge in [0.25, 0.3) is 0 Å². The lowest BCUT2D eigenvalue weighted by atomic mass is 10.3. The number of hydrogen-bond donors (Lipinski definition) is 2. The Hall–Kier alpha value is -1.45. The number of nitrogens with one attached hydrogen (secondary N) is 2. The van der Waals surface area contributed by atoms with Crippen LogP contribution in [0.2, 0.25) is 0 Å². The smallest absolute Gasteiger partial charge is 0.244 e. The second-order valence-electron chi connectivity index (χ2n) is 4.90. The topological polar surface area (TPSA) is 104 Å². The van der Waals surface area contributed by atoms with Crippen LogP contribution in [0.15, 0.2) is 4.90 Å². The maximum Gasteiger partial charge on any atom is 0.244 e. The highest BCUT2D eigenvalue weighted by Crippen LogP contribution is 2.16. The highest BCUT2D eigenvalue weighted by molar-refractivity contribution is 7.89. The monoisotopic (exact) mass is 316 g/mol. The van der Waals surface area contributed by atoms with Gasteiger partial charge in [-0.3, -0.25) is 9.89 Å². The third kappa shape index (κ3) is 3.80. The van der Waals surface area contributed by atoms with E-state index in [4.69, 9.17) is 4.74 Å². The lowest BCUT2D eigenvalue weighted by Crippen LogP contribution is -2.42. The molecule has 0 spiro atoms. The fourth-order valence-electron chi connectivity index (χ4n) is 2.27. The van der Waals surface area contributed by atoms with E-state index in [9.17, 15) is 13.2 Å². The summed E-state index contributed by atoms with van der Waals surface area (Å²) in [4.78, 5) is 13.8. The molecule has 21 heavy (non-hydrogen) atoms. The number of aryl methyl sites for hydroxylation is 2. The Morgan fingerprint density at radius 1 is 1.38 bits per heavy atom. The quantitative estimate of drug-likeness (QED) is 0.766. The van der Waals surface area contributed by atoms with Crippen LogP contribution in [0.4, 0.5) is 0 Å². The highest BCUT2D eigenvalue weighted by Gasteiger charge is 2.23. The molecule has 0 atom stereocenters. The van der Waals surface area contributed by atoms with Crippen molar-refractivity contribution in [2.75, 3.05) is 32.8 Å². The minimum absolute atomic E-state index is 0.0679. The lowest BCUT2D eigenvalue weighted by Gasteiger charge is -2.26. The molecule has 1 aromatic rings. The lowest BCUT2D eigenvalue weighted by molar-refractivity contribution is -0.135. The number of hydrogen-bond acceptors (Lipinski definition) is 5. The van der Waals surface area contributed by atoms with Crippen LogP contribution in [0.3, 0.4) is 0 Å². The van der Waals surface area contributed by atoms with Crippen molar-refractivity contribution in [2.24, 2.45) is 0 Å². The van der Waals surface area contributed by atoms with Crippen molar-refractivity contribution in [1.82, 2.24) is 19.8 Å². The summed E-state index contributed by atoms with van der Waals surface area (Å²) in [6.45, 7) is 5.53. The molecule has 0 aliphatic carbocycles. The van der Waals surface area contributed by atoms with E-state index < -0.39 is 10.0 Å². The largest absolute Gasteiger partial charge is 0.378 e. The fraction of sp³-hybridized carbons (Fsp3) is 0.667. The molecule has 0 saturated carbocycles. The highest BCUT2D eigenvalue weighted by atomic mass is 32.2. The van der Waals surface area contributed by atoms with Crippen LogP contribution in [-0.4, -0.2) is 62.3 Å². The summed E-state index contributed by atoms with van der Waals surface area (Å²) >= 11 is 0. The number of rotatable bonds is 5. The molecular formula is C12H20N4O4S. The molecule has 2 heterocycles. The molecule has 0 radical (unpaired) electrons. The maximum absolute atomic E-state index is 12.2. The van der Waals surface area contributed by atoms with Crippen LogP contribution < -0.4 is 4.72 Å². The molecule has 1 aliphatic heterocycles. The van der Waals surface area contributed by atoms with Gasteiger partial charge in [-0.25, -0.2) is 13.1 Å². The molecule has 1 aliphatic rings. The van der Waals surface area contributed by atoms with E-state index in [0.29, 0.717) is 37.7 Å². The van der Waals surface area contributed by atoms with Gasteiger partial charge in [0, 0.05) is 26.1 Å². The van der Waals surface area contributed by atoms with E-state index in [1.807, 2.05) is 0 Å². The first-order valence-electron chi connectivity index (χ1n) is 6.78. The van der Waals surface area contributed by atoms with Crippen LogP contribution in [0, 0.1) is 13.8 Å². The Morgan fingerprint density at radius 2 is 2.05 bits per heavy atom. The van der Waals surface area contributed by atoms with E-state index >= 15 is 0 Å². The van der Waals surface area contributed by atoms with Crippen LogP contribution >= 0.6 is 0 Å². The zero-order valence-electron chi connectivity index (χ0n) is 12.2. The maximum atomic E-state index is 12.2. The number of aromatic amines is 1. The number of amides is 1. The fourth-order valence-corrected chi connectivity index (χ4v) is 3.67. The van der Waals surface area contributed by atoms with Crippen LogP contribution in [0.5, 0.6) is 0 Å². The third-order valence-corrected chi connectivity index (χ3v) is 5.05. The van der Waals surface area contributed by atoms with Gasteiger partial charge in [0.2, 0.25) is 15.9 Å². The summed E-state index contributed by atoms with van der Waals surface area (Å²) in [5, 5.41) is 6.50. The average molecular weight is 316 g/mol. The number of ether oxygens (including phenoxy) is 1. The predicted molar refractivity (Wildman–Crippen MR) is 75.3 cm³/mol. The van der Waals surface area contributed by atoms with E-state index in [1.165, 1.54) is 0 Å². The van der Waals surface area contributed by atoms with Gasteiger partial charge >= 0.3 is 0 Å². The number of sulfonamides is 1. The minimum Gasteiger partial charge on any atom is -0.378 e. The molecule has 118 valence electrons. The van der Waals surface area contributed by atoms with Gasteiger partial charge in [-0.1, -0.05) is 0 Å². The normalized spacial score (nSPS) is 16.2. The second kappa shape index (κ2) is 6.54. The van der Waals surface area contributed by atoms with Gasteiger partial charge < -0.3 is 9.64 Å². The first-order valence-corrected chi connectivity index (χ1v) is 8.27. The molecule has 1 aromatic heterocycles. The van der Waals surface area contributed by atoms with Gasteiger partial charge in [-0.2, -0.15) is 5.10 Å². The van der Waals surface area contributed by atoms with E-state index in [-0.39, 0.29) is 23.8 Å². The molecule has 2 rings (SSSR count). The van der Waals surface area contributed by atoms with Gasteiger partial charge in [0.15, 0.2) is 0 Å². The number of carbonyl (C=O) groups is 1. The first kappa shape index (κ1) is 15.9. The van der Waals surface area contributed by atoms with Crippen molar-refractivity contribution in [3.8, 4) is 0 Å². The average Bonchev–Trinajstić information content (AvgIpc) is 2.79. The molecule has 0 aromatic carbocycles.